The first-order valence-electron chi connectivity index (χ1n) is 8.96. The van der Waals surface area contributed by atoms with Gasteiger partial charge >= 0.3 is 0 Å². The number of sulfonamides is 1. The summed E-state index contributed by atoms with van der Waals surface area (Å²) in [6.07, 6.45) is 0. The predicted octanol–water partition coefficient (Wildman–Crippen LogP) is 4.15. The summed E-state index contributed by atoms with van der Waals surface area (Å²) in [6, 6.07) is 14.0. The van der Waals surface area contributed by atoms with Crippen molar-refractivity contribution in [1.29, 1.82) is 0 Å². The van der Waals surface area contributed by atoms with Crippen molar-refractivity contribution in [2.75, 3.05) is 10.1 Å². The van der Waals surface area contributed by atoms with E-state index in [0.717, 1.165) is 4.31 Å². The Balaban J connectivity index is 2.25. The van der Waals surface area contributed by atoms with E-state index in [2.05, 4.69) is 0 Å². The average molecular weight is 454 g/mol. The number of aromatic nitrogens is 2. The molecule has 0 saturated heterocycles. The van der Waals surface area contributed by atoms with E-state index in [9.17, 15) is 13.2 Å². The first kappa shape index (κ1) is 21.5. The minimum Gasteiger partial charge on any atom is -0.283 e. The van der Waals surface area contributed by atoms with Crippen molar-refractivity contribution in [3.8, 4) is 5.69 Å². The van der Waals surface area contributed by atoms with Crippen molar-refractivity contribution in [2.45, 2.75) is 20.4 Å². The van der Waals surface area contributed by atoms with Crippen LogP contribution in [-0.2, 0) is 23.6 Å². The third-order valence-corrected chi connectivity index (χ3v) is 7.26. The van der Waals surface area contributed by atoms with Gasteiger partial charge in [-0.2, -0.15) is 0 Å². The Bertz CT molecular complexity index is 1180. The molecular weight excluding hydrogens is 433 g/mol. The molecule has 0 spiro atoms. The van der Waals surface area contributed by atoms with Crippen LogP contribution in [-0.4, -0.2) is 23.5 Å². The summed E-state index contributed by atoms with van der Waals surface area (Å²) in [6.45, 7) is 3.11. The van der Waals surface area contributed by atoms with E-state index in [4.69, 9.17) is 23.2 Å². The zero-order chi connectivity index (χ0) is 21.3. The van der Waals surface area contributed by atoms with Gasteiger partial charge in [0.15, 0.2) is 0 Å². The zero-order valence-electron chi connectivity index (χ0n) is 16.3. The topological polar surface area (TPSA) is 64.3 Å². The number of rotatable bonds is 6. The summed E-state index contributed by atoms with van der Waals surface area (Å²) in [5, 5.41) is 0.677. The largest absolute Gasteiger partial charge is 0.296 e. The number of para-hydroxylation sites is 1. The van der Waals surface area contributed by atoms with E-state index in [-0.39, 0.29) is 18.0 Å². The quantitative estimate of drug-likeness (QED) is 0.562. The Kier molecular flexibility index (Phi) is 6.12. The Morgan fingerprint density at radius 3 is 2.14 bits per heavy atom. The van der Waals surface area contributed by atoms with E-state index in [1.54, 1.807) is 49.0 Å². The summed E-state index contributed by atoms with van der Waals surface area (Å²) < 4.78 is 30.1. The molecule has 6 nitrogen and oxygen atoms in total. The van der Waals surface area contributed by atoms with Crippen LogP contribution in [0.1, 0.15) is 18.2 Å². The summed E-state index contributed by atoms with van der Waals surface area (Å²) in [7, 11) is -2.07. The van der Waals surface area contributed by atoms with Crippen LogP contribution >= 0.6 is 23.2 Å². The van der Waals surface area contributed by atoms with Crippen LogP contribution in [0.15, 0.2) is 53.3 Å². The Morgan fingerprint density at radius 2 is 1.59 bits per heavy atom. The van der Waals surface area contributed by atoms with Crippen LogP contribution in [0.5, 0.6) is 0 Å². The van der Waals surface area contributed by atoms with Gasteiger partial charge in [-0.15, -0.1) is 0 Å². The van der Waals surface area contributed by atoms with Gasteiger partial charge in [0.25, 0.3) is 5.56 Å². The van der Waals surface area contributed by atoms with Crippen LogP contribution in [0.4, 0.5) is 5.69 Å². The highest BCUT2D eigenvalue weighted by Gasteiger charge is 2.30. The third kappa shape index (κ3) is 3.95. The lowest BCUT2D eigenvalue weighted by molar-refractivity contribution is 0.591. The van der Waals surface area contributed by atoms with Gasteiger partial charge in [-0.1, -0.05) is 47.5 Å². The van der Waals surface area contributed by atoms with Crippen molar-refractivity contribution in [3.05, 3.63) is 80.2 Å². The molecule has 0 fully saturated rings. The summed E-state index contributed by atoms with van der Waals surface area (Å²) >= 11 is 12.5. The van der Waals surface area contributed by atoms with Crippen LogP contribution in [0.3, 0.4) is 0 Å². The fourth-order valence-electron chi connectivity index (χ4n) is 3.14. The van der Waals surface area contributed by atoms with E-state index in [1.807, 2.05) is 18.2 Å². The van der Waals surface area contributed by atoms with Gasteiger partial charge < -0.3 is 0 Å². The number of anilines is 1. The normalized spacial score (nSPS) is 11.6. The van der Waals surface area contributed by atoms with Gasteiger partial charge in [0.1, 0.15) is 5.69 Å². The van der Waals surface area contributed by atoms with Gasteiger partial charge in [-0.25, -0.2) is 13.1 Å². The molecule has 3 aromatic rings. The molecule has 0 aliphatic rings. The Hall–Kier alpha value is -2.22. The highest BCUT2D eigenvalue weighted by atomic mass is 35.5. The lowest BCUT2D eigenvalue weighted by Crippen LogP contribution is -2.36. The van der Waals surface area contributed by atoms with Crippen molar-refractivity contribution in [2.24, 2.45) is 7.05 Å². The van der Waals surface area contributed by atoms with Gasteiger partial charge in [-0.05, 0) is 38.1 Å². The minimum atomic E-state index is -3.79. The fourth-order valence-corrected chi connectivity index (χ4v) is 4.78. The standard InChI is InChI=1S/C20H21Cl2N3O3S/c1-4-29(27,28)24(13-16-17(21)11-8-12-18(16)22)19-14(2)23(3)25(20(19)26)15-9-6-5-7-10-15/h5-12H,4,13H2,1-3H3. The second kappa shape index (κ2) is 8.26. The maximum Gasteiger partial charge on any atom is 0.296 e. The fraction of sp³-hybridized carbons (Fsp3) is 0.250. The van der Waals surface area contributed by atoms with E-state index < -0.39 is 15.6 Å². The first-order chi connectivity index (χ1) is 13.7. The van der Waals surface area contributed by atoms with Gasteiger partial charge in [0.2, 0.25) is 10.0 Å². The van der Waals surface area contributed by atoms with Crippen molar-refractivity contribution in [3.63, 3.8) is 0 Å². The molecule has 3 rings (SSSR count). The highest BCUT2D eigenvalue weighted by molar-refractivity contribution is 7.92. The zero-order valence-corrected chi connectivity index (χ0v) is 18.6. The number of benzene rings is 2. The van der Waals surface area contributed by atoms with Crippen LogP contribution in [0, 0.1) is 6.92 Å². The van der Waals surface area contributed by atoms with Gasteiger partial charge in [0.05, 0.1) is 23.7 Å². The summed E-state index contributed by atoms with van der Waals surface area (Å²) in [5.74, 6) is -0.172. The molecule has 29 heavy (non-hydrogen) atoms. The van der Waals surface area contributed by atoms with Gasteiger partial charge in [-0.3, -0.25) is 13.8 Å². The molecule has 0 bridgehead atoms. The molecular formula is C20H21Cl2N3O3S. The number of hydrogen-bond donors (Lipinski definition) is 0. The smallest absolute Gasteiger partial charge is 0.283 e. The Labute approximate surface area is 179 Å². The molecule has 0 N–H and O–H groups in total. The monoisotopic (exact) mass is 453 g/mol. The molecule has 9 heteroatoms. The second-order valence-corrected chi connectivity index (χ2v) is 9.51. The molecule has 2 aromatic carbocycles. The summed E-state index contributed by atoms with van der Waals surface area (Å²) in [4.78, 5) is 13.3. The molecule has 0 aliphatic carbocycles. The maximum absolute atomic E-state index is 13.3. The number of hydrogen-bond acceptors (Lipinski definition) is 3. The molecule has 0 unspecified atom stereocenters. The predicted molar refractivity (Wildman–Crippen MR) is 118 cm³/mol. The Morgan fingerprint density at radius 1 is 1.00 bits per heavy atom. The number of halogens is 2. The lowest BCUT2D eigenvalue weighted by atomic mass is 10.2. The van der Waals surface area contributed by atoms with Gasteiger partial charge in [0, 0.05) is 22.7 Å². The number of nitrogens with zero attached hydrogens (tertiary/aromatic N) is 3. The highest BCUT2D eigenvalue weighted by Crippen LogP contribution is 2.30. The van der Waals surface area contributed by atoms with Crippen molar-refractivity contribution in [1.82, 2.24) is 9.36 Å². The van der Waals surface area contributed by atoms with E-state index in [0.29, 0.717) is 27.0 Å². The molecule has 0 aliphatic heterocycles. The first-order valence-corrected chi connectivity index (χ1v) is 11.3. The summed E-state index contributed by atoms with van der Waals surface area (Å²) in [5.41, 5.74) is 1.24. The van der Waals surface area contributed by atoms with Crippen molar-refractivity contribution < 1.29 is 8.42 Å². The molecule has 0 atom stereocenters. The molecule has 1 aromatic heterocycles. The molecule has 0 radical (unpaired) electrons. The molecule has 0 amide bonds. The third-order valence-electron chi connectivity index (χ3n) is 4.84. The molecule has 1 heterocycles. The average Bonchev–Trinajstić information content (AvgIpc) is 2.91. The maximum atomic E-state index is 13.3. The lowest BCUT2D eigenvalue weighted by Gasteiger charge is -2.23. The van der Waals surface area contributed by atoms with E-state index >= 15 is 0 Å². The second-order valence-electron chi connectivity index (χ2n) is 6.52. The van der Waals surface area contributed by atoms with Crippen LogP contribution in [0.25, 0.3) is 5.69 Å². The van der Waals surface area contributed by atoms with E-state index in [1.165, 1.54) is 11.6 Å². The van der Waals surface area contributed by atoms with Crippen molar-refractivity contribution >= 4 is 38.9 Å². The molecule has 0 saturated carbocycles. The minimum absolute atomic E-state index is 0.0780. The van der Waals surface area contributed by atoms with Crippen LogP contribution in [0.2, 0.25) is 10.0 Å². The van der Waals surface area contributed by atoms with Crippen LogP contribution < -0.4 is 9.86 Å². The SMILES string of the molecule is CCS(=O)(=O)N(Cc1c(Cl)cccc1Cl)c1c(C)n(C)n(-c2ccccc2)c1=O. The molecule has 154 valence electrons.